The maximum Gasteiger partial charge on any atom is 0.230 e. The van der Waals surface area contributed by atoms with Gasteiger partial charge in [-0.15, -0.1) is 0 Å². The quantitative estimate of drug-likeness (QED) is 0.894. The van der Waals surface area contributed by atoms with Gasteiger partial charge in [-0.05, 0) is 49.9 Å². The highest BCUT2D eigenvalue weighted by atomic mass is 35.5. The van der Waals surface area contributed by atoms with E-state index in [0.717, 1.165) is 50.8 Å². The highest BCUT2D eigenvalue weighted by Crippen LogP contribution is 2.45. The average Bonchev–Trinajstić information content (AvgIpc) is 2.42. The van der Waals surface area contributed by atoms with E-state index >= 15 is 0 Å². The van der Waals surface area contributed by atoms with Crippen molar-refractivity contribution in [2.45, 2.75) is 43.6 Å². The third kappa shape index (κ3) is 2.92. The molecule has 1 saturated heterocycles. The minimum atomic E-state index is -0.411. The molecule has 2 fully saturated rings. The summed E-state index contributed by atoms with van der Waals surface area (Å²) in [6.07, 6.45) is 5.02. The Bertz CT molecular complexity index is 537. The second-order valence-electron chi connectivity index (χ2n) is 6.08. The topological polar surface area (TPSA) is 41.1 Å². The van der Waals surface area contributed by atoms with E-state index in [1.807, 2.05) is 12.1 Å². The highest BCUT2D eigenvalue weighted by Gasteiger charge is 2.46. The fourth-order valence-corrected chi connectivity index (χ4v) is 3.57. The van der Waals surface area contributed by atoms with E-state index in [2.05, 4.69) is 10.6 Å². The first-order valence-corrected chi connectivity index (χ1v) is 8.35. The van der Waals surface area contributed by atoms with Crippen molar-refractivity contribution in [3.8, 4) is 0 Å². The lowest BCUT2D eigenvalue weighted by Gasteiger charge is -2.42. The molecule has 1 heterocycles. The largest absolute Gasteiger partial charge is 0.351 e. The Balaban J connectivity index is 1.78. The first kappa shape index (κ1) is 15.1. The van der Waals surface area contributed by atoms with Crippen LogP contribution in [-0.4, -0.2) is 25.0 Å². The van der Waals surface area contributed by atoms with E-state index in [1.54, 1.807) is 6.07 Å². The number of benzene rings is 1. The summed E-state index contributed by atoms with van der Waals surface area (Å²) in [5.41, 5.74) is 0.579. The lowest BCUT2D eigenvalue weighted by Crippen LogP contribution is -2.55. The van der Waals surface area contributed by atoms with Gasteiger partial charge in [0.1, 0.15) is 0 Å². The van der Waals surface area contributed by atoms with Gasteiger partial charge in [-0.1, -0.05) is 35.7 Å². The van der Waals surface area contributed by atoms with E-state index in [-0.39, 0.29) is 11.9 Å². The molecular weight excluding hydrogens is 307 g/mol. The molecule has 0 radical (unpaired) electrons. The summed E-state index contributed by atoms with van der Waals surface area (Å²) in [5.74, 6) is 0.140. The van der Waals surface area contributed by atoms with Crippen molar-refractivity contribution in [3.63, 3.8) is 0 Å². The van der Waals surface area contributed by atoms with Crippen molar-refractivity contribution in [2.24, 2.45) is 0 Å². The second-order valence-corrected chi connectivity index (χ2v) is 6.90. The van der Waals surface area contributed by atoms with Gasteiger partial charge in [-0.2, -0.15) is 0 Å². The number of hydrogen-bond donors (Lipinski definition) is 2. The molecule has 1 atom stereocenters. The fraction of sp³-hybridized carbons (Fsp3) is 0.562. The van der Waals surface area contributed by atoms with E-state index < -0.39 is 5.41 Å². The fourth-order valence-electron chi connectivity index (χ4n) is 3.27. The SMILES string of the molecule is O=C(NC1CCCNC1)C1(c2ccc(Cl)c(Cl)c2)CCC1. The second kappa shape index (κ2) is 6.15. The molecule has 2 aliphatic rings. The third-order valence-electron chi connectivity index (χ3n) is 4.75. The molecule has 1 aromatic carbocycles. The van der Waals surface area contributed by atoms with Crippen molar-refractivity contribution < 1.29 is 4.79 Å². The molecule has 1 aliphatic heterocycles. The maximum atomic E-state index is 12.8. The molecule has 0 bridgehead atoms. The van der Waals surface area contributed by atoms with Gasteiger partial charge in [0.25, 0.3) is 0 Å². The molecule has 1 unspecified atom stereocenters. The first-order chi connectivity index (χ1) is 10.1. The Morgan fingerprint density at radius 2 is 2.05 bits per heavy atom. The Morgan fingerprint density at radius 3 is 2.62 bits per heavy atom. The minimum absolute atomic E-state index is 0.140. The molecule has 0 aromatic heterocycles. The van der Waals surface area contributed by atoms with E-state index in [0.29, 0.717) is 10.0 Å². The number of halogens is 2. The third-order valence-corrected chi connectivity index (χ3v) is 5.49. The molecule has 1 amide bonds. The van der Waals surface area contributed by atoms with Crippen LogP contribution in [0.4, 0.5) is 0 Å². The minimum Gasteiger partial charge on any atom is -0.351 e. The van der Waals surface area contributed by atoms with Crippen LogP contribution in [0.2, 0.25) is 10.0 Å². The van der Waals surface area contributed by atoms with Crippen molar-refractivity contribution >= 4 is 29.1 Å². The van der Waals surface area contributed by atoms with Crippen LogP contribution in [0, 0.1) is 0 Å². The van der Waals surface area contributed by atoms with Crippen LogP contribution in [0.1, 0.15) is 37.7 Å². The van der Waals surface area contributed by atoms with Gasteiger partial charge in [0.05, 0.1) is 15.5 Å². The predicted molar refractivity (Wildman–Crippen MR) is 86.0 cm³/mol. The molecular formula is C16H20Cl2N2O. The molecule has 0 spiro atoms. The van der Waals surface area contributed by atoms with Crippen LogP contribution in [0.5, 0.6) is 0 Å². The van der Waals surface area contributed by atoms with Crippen molar-refractivity contribution in [2.75, 3.05) is 13.1 Å². The molecule has 21 heavy (non-hydrogen) atoms. The summed E-state index contributed by atoms with van der Waals surface area (Å²) in [6.45, 7) is 1.91. The molecule has 3 rings (SSSR count). The summed E-state index contributed by atoms with van der Waals surface area (Å²) in [4.78, 5) is 12.8. The molecule has 2 N–H and O–H groups in total. The summed E-state index contributed by atoms with van der Waals surface area (Å²) in [7, 11) is 0. The lowest BCUT2D eigenvalue weighted by molar-refractivity contribution is -0.130. The van der Waals surface area contributed by atoms with Gasteiger partial charge in [0, 0.05) is 12.6 Å². The summed E-state index contributed by atoms with van der Waals surface area (Å²) >= 11 is 12.1. The zero-order chi connectivity index (χ0) is 14.9. The number of nitrogens with one attached hydrogen (secondary N) is 2. The number of carbonyl (C=O) groups is 1. The molecule has 3 nitrogen and oxygen atoms in total. The maximum absolute atomic E-state index is 12.8. The Labute approximate surface area is 135 Å². The van der Waals surface area contributed by atoms with Gasteiger partial charge in [0.2, 0.25) is 5.91 Å². The van der Waals surface area contributed by atoms with Crippen molar-refractivity contribution in [1.29, 1.82) is 0 Å². The van der Waals surface area contributed by atoms with Crippen LogP contribution in [-0.2, 0) is 10.2 Å². The number of piperidine rings is 1. The Hall–Kier alpha value is -0.770. The standard InChI is InChI=1S/C16H20Cl2N2O/c17-13-5-4-11(9-14(13)18)16(6-2-7-16)15(21)20-12-3-1-8-19-10-12/h4-5,9,12,19H,1-3,6-8,10H2,(H,20,21). The lowest BCUT2D eigenvalue weighted by atomic mass is 9.63. The van der Waals surface area contributed by atoms with Gasteiger partial charge in [-0.25, -0.2) is 0 Å². The summed E-state index contributed by atoms with van der Waals surface area (Å²) in [6, 6.07) is 5.81. The van der Waals surface area contributed by atoms with Gasteiger partial charge < -0.3 is 10.6 Å². The van der Waals surface area contributed by atoms with Crippen molar-refractivity contribution in [3.05, 3.63) is 33.8 Å². The number of amides is 1. The molecule has 5 heteroatoms. The Kier molecular flexibility index (Phi) is 4.43. The zero-order valence-electron chi connectivity index (χ0n) is 11.9. The van der Waals surface area contributed by atoms with Crippen LogP contribution in [0.3, 0.4) is 0 Å². The molecule has 1 aromatic rings. The smallest absolute Gasteiger partial charge is 0.230 e. The summed E-state index contributed by atoms with van der Waals surface area (Å²) in [5, 5.41) is 7.60. The average molecular weight is 327 g/mol. The normalized spacial score (nSPS) is 24.2. The van der Waals surface area contributed by atoms with Crippen molar-refractivity contribution in [1.82, 2.24) is 10.6 Å². The van der Waals surface area contributed by atoms with Crippen LogP contribution in [0.25, 0.3) is 0 Å². The molecule has 1 aliphatic carbocycles. The van der Waals surface area contributed by atoms with Crippen LogP contribution in [0.15, 0.2) is 18.2 Å². The van der Waals surface area contributed by atoms with Crippen LogP contribution >= 0.6 is 23.2 Å². The van der Waals surface area contributed by atoms with Gasteiger partial charge >= 0.3 is 0 Å². The monoisotopic (exact) mass is 326 g/mol. The van der Waals surface area contributed by atoms with Gasteiger partial charge in [0.15, 0.2) is 0 Å². The number of hydrogen-bond acceptors (Lipinski definition) is 2. The van der Waals surface area contributed by atoms with Gasteiger partial charge in [-0.3, -0.25) is 4.79 Å². The predicted octanol–water partition coefficient (Wildman–Crippen LogP) is 3.28. The highest BCUT2D eigenvalue weighted by molar-refractivity contribution is 6.42. The number of rotatable bonds is 3. The van der Waals surface area contributed by atoms with E-state index in [4.69, 9.17) is 23.2 Å². The van der Waals surface area contributed by atoms with E-state index in [1.165, 1.54) is 0 Å². The van der Waals surface area contributed by atoms with E-state index in [9.17, 15) is 4.79 Å². The zero-order valence-corrected chi connectivity index (χ0v) is 13.4. The number of carbonyl (C=O) groups excluding carboxylic acids is 1. The van der Waals surface area contributed by atoms with Crippen LogP contribution < -0.4 is 10.6 Å². The first-order valence-electron chi connectivity index (χ1n) is 7.59. The molecule has 1 saturated carbocycles. The molecule has 114 valence electrons. The Morgan fingerprint density at radius 1 is 1.24 bits per heavy atom. The summed E-state index contributed by atoms with van der Waals surface area (Å²) < 4.78 is 0.